The van der Waals surface area contributed by atoms with E-state index in [0.717, 1.165) is 4.90 Å². The molecule has 2 unspecified atom stereocenters. The van der Waals surface area contributed by atoms with Crippen molar-refractivity contribution in [1.29, 1.82) is 0 Å². The maximum absolute atomic E-state index is 12.4. The molecule has 0 bridgehead atoms. The Morgan fingerprint density at radius 3 is 2.79 bits per heavy atom. The van der Waals surface area contributed by atoms with Gasteiger partial charge in [-0.15, -0.1) is 23.5 Å². The van der Waals surface area contributed by atoms with Gasteiger partial charge in [0.15, 0.2) is 0 Å². The summed E-state index contributed by atoms with van der Waals surface area (Å²) in [6.07, 6.45) is 3.27. The van der Waals surface area contributed by atoms with Gasteiger partial charge in [-0.2, -0.15) is 0 Å². The minimum atomic E-state index is -1.34. The first kappa shape index (κ1) is 20.5. The quantitative estimate of drug-likeness (QED) is 0.358. The molecule has 2 aliphatic rings. The summed E-state index contributed by atoms with van der Waals surface area (Å²) in [6.45, 7) is 0.865. The number of carbonyl (C=O) groups is 4. The number of esters is 1. The SMILES string of the molecule is CC(=O)OCC1(C(=O)O)CS[C@@H]2C(NC(=O)CSc3ccncc3)C(=O)N2C1. The number of thioether (sulfide) groups is 2. The number of hydrogen-bond acceptors (Lipinski definition) is 8. The number of nitrogens with zero attached hydrogens (tertiary/aromatic N) is 2. The van der Waals surface area contributed by atoms with Crippen LogP contribution in [-0.4, -0.2) is 74.8 Å². The molecule has 1 aromatic heterocycles. The predicted octanol–water partition coefficient (Wildman–Crippen LogP) is 0.208. The van der Waals surface area contributed by atoms with E-state index in [1.807, 2.05) is 0 Å². The highest BCUT2D eigenvalue weighted by Crippen LogP contribution is 2.42. The molecule has 0 spiro atoms. The fourth-order valence-corrected chi connectivity index (χ4v) is 5.16. The molecular formula is C17H19N3O6S2. The van der Waals surface area contributed by atoms with Gasteiger partial charge in [0, 0.05) is 36.5 Å². The monoisotopic (exact) mass is 425 g/mol. The Balaban J connectivity index is 1.55. The highest BCUT2D eigenvalue weighted by atomic mass is 32.2. The van der Waals surface area contributed by atoms with Gasteiger partial charge in [0.05, 0.1) is 5.75 Å². The fraction of sp³-hybridized carbons (Fsp3) is 0.471. The topological polar surface area (TPSA) is 126 Å². The first-order valence-electron chi connectivity index (χ1n) is 8.43. The molecule has 28 heavy (non-hydrogen) atoms. The number of amides is 2. The third-order valence-corrected chi connectivity index (χ3v) is 7.09. The molecule has 3 rings (SSSR count). The number of β-lactam (4-membered cyclic amide) rings is 1. The van der Waals surface area contributed by atoms with Crippen LogP contribution < -0.4 is 5.32 Å². The lowest BCUT2D eigenvalue weighted by molar-refractivity contribution is -0.164. The van der Waals surface area contributed by atoms with Crippen molar-refractivity contribution in [2.24, 2.45) is 5.41 Å². The molecule has 0 aromatic carbocycles. The zero-order valence-electron chi connectivity index (χ0n) is 15.0. The number of carboxylic acid groups (broad SMARTS) is 1. The van der Waals surface area contributed by atoms with Crippen molar-refractivity contribution in [3.8, 4) is 0 Å². The van der Waals surface area contributed by atoms with E-state index in [0.29, 0.717) is 0 Å². The molecule has 2 fully saturated rings. The van der Waals surface area contributed by atoms with Crippen molar-refractivity contribution in [3.05, 3.63) is 24.5 Å². The van der Waals surface area contributed by atoms with E-state index < -0.39 is 23.4 Å². The van der Waals surface area contributed by atoms with E-state index in [9.17, 15) is 24.3 Å². The van der Waals surface area contributed by atoms with Crippen LogP contribution in [0.4, 0.5) is 0 Å². The molecule has 3 heterocycles. The number of aromatic nitrogens is 1. The molecule has 1 aromatic rings. The van der Waals surface area contributed by atoms with Crippen LogP contribution in [0.5, 0.6) is 0 Å². The van der Waals surface area contributed by atoms with Gasteiger partial charge in [0.2, 0.25) is 11.8 Å². The third-order valence-electron chi connectivity index (χ3n) is 4.49. The van der Waals surface area contributed by atoms with Crippen LogP contribution in [0.2, 0.25) is 0 Å². The van der Waals surface area contributed by atoms with E-state index in [4.69, 9.17) is 4.74 Å². The van der Waals surface area contributed by atoms with E-state index >= 15 is 0 Å². The molecular weight excluding hydrogens is 406 g/mol. The molecule has 3 atom stereocenters. The Hall–Kier alpha value is -2.27. The molecule has 2 aliphatic heterocycles. The van der Waals surface area contributed by atoms with Crippen molar-refractivity contribution in [1.82, 2.24) is 15.2 Å². The normalized spacial score (nSPS) is 26.0. The Labute approximate surface area is 169 Å². The second-order valence-electron chi connectivity index (χ2n) is 6.55. The van der Waals surface area contributed by atoms with Crippen LogP contribution in [0, 0.1) is 5.41 Å². The van der Waals surface area contributed by atoms with Gasteiger partial charge in [-0.3, -0.25) is 24.2 Å². The zero-order valence-corrected chi connectivity index (χ0v) is 16.6. The van der Waals surface area contributed by atoms with E-state index in [1.54, 1.807) is 24.5 Å². The molecule has 2 amide bonds. The average molecular weight is 425 g/mol. The fourth-order valence-electron chi connectivity index (χ4n) is 2.94. The maximum Gasteiger partial charge on any atom is 0.315 e. The average Bonchev–Trinajstić information content (AvgIpc) is 2.69. The zero-order chi connectivity index (χ0) is 20.3. The van der Waals surface area contributed by atoms with Crippen molar-refractivity contribution in [3.63, 3.8) is 0 Å². The molecule has 11 heteroatoms. The van der Waals surface area contributed by atoms with Gasteiger partial charge in [-0.25, -0.2) is 0 Å². The number of ether oxygens (including phenoxy) is 1. The summed E-state index contributed by atoms with van der Waals surface area (Å²) in [7, 11) is 0. The molecule has 0 aliphatic carbocycles. The standard InChI is InChI=1S/C17H19N3O6S2/c1-10(21)26-8-17(16(24)25)7-20-14(23)13(15(20)28-9-17)19-12(22)6-27-11-2-4-18-5-3-11/h2-5,13,15H,6-9H2,1H3,(H,19,22)(H,24,25)/t13?,15-,17?/m1/s1. The highest BCUT2D eigenvalue weighted by Gasteiger charge is 2.57. The summed E-state index contributed by atoms with van der Waals surface area (Å²) in [5.74, 6) is -1.93. The number of carboxylic acids is 1. The number of pyridine rings is 1. The lowest BCUT2D eigenvalue weighted by Crippen LogP contribution is -2.74. The minimum Gasteiger partial charge on any atom is -0.481 e. The first-order chi connectivity index (χ1) is 13.3. The molecule has 0 saturated carbocycles. The number of nitrogens with one attached hydrogen (secondary N) is 1. The lowest BCUT2D eigenvalue weighted by atomic mass is 9.88. The predicted molar refractivity (Wildman–Crippen MR) is 102 cm³/mol. The highest BCUT2D eigenvalue weighted by molar-refractivity contribution is 8.00. The van der Waals surface area contributed by atoms with Gasteiger partial charge in [0.1, 0.15) is 23.4 Å². The number of aliphatic carboxylic acids is 1. The summed E-state index contributed by atoms with van der Waals surface area (Å²) in [5.41, 5.74) is -1.34. The third kappa shape index (κ3) is 4.25. The summed E-state index contributed by atoms with van der Waals surface area (Å²) in [4.78, 5) is 53.6. The van der Waals surface area contributed by atoms with E-state index in [1.165, 1.54) is 35.3 Å². The van der Waals surface area contributed by atoms with Crippen LogP contribution in [0.15, 0.2) is 29.4 Å². The summed E-state index contributed by atoms with van der Waals surface area (Å²) >= 11 is 2.61. The largest absolute Gasteiger partial charge is 0.481 e. The number of hydrogen-bond donors (Lipinski definition) is 2. The van der Waals surface area contributed by atoms with Crippen LogP contribution in [0.3, 0.4) is 0 Å². The van der Waals surface area contributed by atoms with Crippen molar-refractivity contribution in [2.75, 3.05) is 24.7 Å². The smallest absolute Gasteiger partial charge is 0.315 e. The summed E-state index contributed by atoms with van der Waals surface area (Å²) < 4.78 is 4.91. The second kappa shape index (κ2) is 8.39. The molecule has 2 saturated heterocycles. The van der Waals surface area contributed by atoms with Crippen LogP contribution >= 0.6 is 23.5 Å². The van der Waals surface area contributed by atoms with Crippen LogP contribution in [0.1, 0.15) is 6.92 Å². The number of carbonyl (C=O) groups excluding carboxylic acids is 3. The number of rotatable bonds is 7. The molecule has 2 N–H and O–H groups in total. The van der Waals surface area contributed by atoms with Crippen molar-refractivity contribution < 1.29 is 29.0 Å². The van der Waals surface area contributed by atoms with Crippen LogP contribution in [0.25, 0.3) is 0 Å². The lowest BCUT2D eigenvalue weighted by Gasteiger charge is -2.53. The van der Waals surface area contributed by atoms with E-state index in [2.05, 4.69) is 10.3 Å². The van der Waals surface area contributed by atoms with Gasteiger partial charge in [0.25, 0.3) is 0 Å². The van der Waals surface area contributed by atoms with E-state index in [-0.39, 0.29) is 41.8 Å². The molecule has 150 valence electrons. The Morgan fingerprint density at radius 2 is 2.14 bits per heavy atom. The van der Waals surface area contributed by atoms with Gasteiger partial charge >= 0.3 is 11.9 Å². The van der Waals surface area contributed by atoms with Crippen molar-refractivity contribution in [2.45, 2.75) is 23.2 Å². The maximum atomic E-state index is 12.4. The van der Waals surface area contributed by atoms with Gasteiger partial charge in [-0.1, -0.05) is 0 Å². The van der Waals surface area contributed by atoms with Gasteiger partial charge in [-0.05, 0) is 12.1 Å². The Bertz CT molecular complexity index is 792. The Morgan fingerprint density at radius 1 is 1.43 bits per heavy atom. The van der Waals surface area contributed by atoms with Crippen LogP contribution in [-0.2, 0) is 23.9 Å². The van der Waals surface area contributed by atoms with Gasteiger partial charge < -0.3 is 20.1 Å². The summed E-state index contributed by atoms with van der Waals surface area (Å²) in [5, 5.41) is 12.0. The second-order valence-corrected chi connectivity index (χ2v) is 8.70. The molecule has 9 nitrogen and oxygen atoms in total. The minimum absolute atomic E-state index is 0.0513. The number of fused-ring (bicyclic) bond motifs is 1. The summed E-state index contributed by atoms with van der Waals surface area (Å²) in [6, 6.07) is 2.91. The molecule has 0 radical (unpaired) electrons. The Kier molecular flexibility index (Phi) is 6.14. The van der Waals surface area contributed by atoms with Crippen molar-refractivity contribution >= 4 is 47.3 Å². The first-order valence-corrected chi connectivity index (χ1v) is 10.5.